The van der Waals surface area contributed by atoms with Crippen molar-refractivity contribution in [3.8, 4) is 0 Å². The predicted octanol–water partition coefficient (Wildman–Crippen LogP) is 2.60. The van der Waals surface area contributed by atoms with Crippen LogP contribution in [0.5, 0.6) is 0 Å². The van der Waals surface area contributed by atoms with Crippen LogP contribution >= 0.6 is 0 Å². The molecule has 102 valence electrons. The molecule has 0 aromatic carbocycles. The summed E-state index contributed by atoms with van der Waals surface area (Å²) in [6.07, 6.45) is 7.33. The topological polar surface area (TPSA) is 30.5 Å². The Morgan fingerprint density at radius 3 is 2.71 bits per heavy atom. The minimum atomic E-state index is 0.214. The van der Waals surface area contributed by atoms with Crippen LogP contribution in [0.1, 0.15) is 46.0 Å². The van der Waals surface area contributed by atoms with Crippen LogP contribution in [0, 0.1) is 5.92 Å². The van der Waals surface area contributed by atoms with E-state index in [1.807, 2.05) is 6.92 Å². The van der Waals surface area contributed by atoms with Crippen molar-refractivity contribution in [1.82, 2.24) is 5.32 Å². The van der Waals surface area contributed by atoms with Gasteiger partial charge in [0.2, 0.25) is 0 Å². The van der Waals surface area contributed by atoms with Gasteiger partial charge in [-0.25, -0.2) is 0 Å². The molecule has 0 aliphatic heterocycles. The molecule has 1 aliphatic rings. The summed E-state index contributed by atoms with van der Waals surface area (Å²) in [5, 5.41) is 3.50. The summed E-state index contributed by atoms with van der Waals surface area (Å²) in [6, 6.07) is 0. The van der Waals surface area contributed by atoms with Gasteiger partial charge in [-0.2, -0.15) is 0 Å². The Hall–Kier alpha value is -0.120. The van der Waals surface area contributed by atoms with Gasteiger partial charge in [0.25, 0.3) is 0 Å². The molecule has 17 heavy (non-hydrogen) atoms. The van der Waals surface area contributed by atoms with Crippen LogP contribution in [0.3, 0.4) is 0 Å². The second kappa shape index (κ2) is 9.86. The van der Waals surface area contributed by atoms with Gasteiger partial charge in [-0.05, 0) is 39.2 Å². The van der Waals surface area contributed by atoms with Crippen LogP contribution in [-0.2, 0) is 9.47 Å². The van der Waals surface area contributed by atoms with Crippen molar-refractivity contribution < 1.29 is 9.47 Å². The van der Waals surface area contributed by atoms with Gasteiger partial charge in [-0.15, -0.1) is 0 Å². The molecule has 1 fully saturated rings. The second-order valence-electron chi connectivity index (χ2n) is 5.05. The Bertz CT molecular complexity index is 170. The molecule has 1 rings (SSSR count). The zero-order valence-electron chi connectivity index (χ0n) is 11.5. The summed E-state index contributed by atoms with van der Waals surface area (Å²) < 4.78 is 10.9. The molecule has 1 N–H and O–H groups in total. The van der Waals surface area contributed by atoms with Gasteiger partial charge in [0.05, 0.1) is 19.3 Å². The molecule has 0 aromatic rings. The maximum absolute atomic E-state index is 5.65. The van der Waals surface area contributed by atoms with Crippen molar-refractivity contribution in [1.29, 1.82) is 0 Å². The average Bonchev–Trinajstić information content (AvgIpc) is 2.37. The van der Waals surface area contributed by atoms with Crippen LogP contribution in [0.2, 0.25) is 0 Å². The molecule has 0 heterocycles. The van der Waals surface area contributed by atoms with E-state index in [1.165, 1.54) is 38.6 Å². The smallest absolute Gasteiger partial charge is 0.0781 e. The molecular formula is C14H29NO2. The number of ether oxygens (including phenoxy) is 2. The first-order chi connectivity index (χ1) is 8.33. The highest BCUT2D eigenvalue weighted by Crippen LogP contribution is 2.22. The van der Waals surface area contributed by atoms with E-state index < -0.39 is 0 Å². The molecule has 3 heteroatoms. The lowest BCUT2D eigenvalue weighted by Gasteiger charge is -2.22. The first-order valence-electron chi connectivity index (χ1n) is 7.23. The number of hydrogen-bond acceptors (Lipinski definition) is 3. The molecule has 1 unspecified atom stereocenters. The maximum Gasteiger partial charge on any atom is 0.0781 e. The van der Waals surface area contributed by atoms with Crippen molar-refractivity contribution in [2.45, 2.75) is 52.1 Å². The third kappa shape index (κ3) is 7.74. The van der Waals surface area contributed by atoms with Crippen LogP contribution < -0.4 is 5.32 Å². The Morgan fingerprint density at radius 1 is 1.24 bits per heavy atom. The van der Waals surface area contributed by atoms with Gasteiger partial charge in [-0.3, -0.25) is 0 Å². The van der Waals surface area contributed by atoms with E-state index in [4.69, 9.17) is 9.47 Å². The molecule has 1 aliphatic carbocycles. The summed E-state index contributed by atoms with van der Waals surface area (Å²) in [7, 11) is 0. The zero-order chi connectivity index (χ0) is 12.3. The molecule has 1 atom stereocenters. The van der Waals surface area contributed by atoms with E-state index >= 15 is 0 Å². The third-order valence-electron chi connectivity index (χ3n) is 3.40. The Kier molecular flexibility index (Phi) is 8.67. The fraction of sp³-hybridized carbons (Fsp3) is 1.00. The SMILES string of the molecule is CCOCC(C)OCCNCC1CCCCC1. The fourth-order valence-corrected chi connectivity index (χ4v) is 2.36. The van der Waals surface area contributed by atoms with Crippen LogP contribution in [-0.4, -0.2) is 39.0 Å². The highest BCUT2D eigenvalue weighted by atomic mass is 16.5. The lowest BCUT2D eigenvalue weighted by Crippen LogP contribution is -2.29. The molecule has 1 saturated carbocycles. The second-order valence-corrected chi connectivity index (χ2v) is 5.05. The van der Waals surface area contributed by atoms with E-state index in [0.29, 0.717) is 6.61 Å². The van der Waals surface area contributed by atoms with Crippen LogP contribution in [0.25, 0.3) is 0 Å². The molecule has 3 nitrogen and oxygen atoms in total. The van der Waals surface area contributed by atoms with Crippen LogP contribution in [0.15, 0.2) is 0 Å². The van der Waals surface area contributed by atoms with E-state index in [2.05, 4.69) is 12.2 Å². The van der Waals surface area contributed by atoms with Crippen molar-refractivity contribution in [3.63, 3.8) is 0 Å². The van der Waals surface area contributed by atoms with Gasteiger partial charge < -0.3 is 14.8 Å². The molecule has 0 bridgehead atoms. The minimum absolute atomic E-state index is 0.214. The van der Waals surface area contributed by atoms with E-state index in [0.717, 1.165) is 25.7 Å². The van der Waals surface area contributed by atoms with Crippen molar-refractivity contribution in [2.75, 3.05) is 32.9 Å². The van der Waals surface area contributed by atoms with Gasteiger partial charge in [0.1, 0.15) is 0 Å². The van der Waals surface area contributed by atoms with Crippen LogP contribution in [0.4, 0.5) is 0 Å². The number of hydrogen-bond donors (Lipinski definition) is 1. The van der Waals surface area contributed by atoms with Gasteiger partial charge in [-0.1, -0.05) is 19.3 Å². The quantitative estimate of drug-likeness (QED) is 0.631. The van der Waals surface area contributed by atoms with E-state index in [9.17, 15) is 0 Å². The van der Waals surface area contributed by atoms with Crippen molar-refractivity contribution in [3.05, 3.63) is 0 Å². The average molecular weight is 243 g/mol. The fourth-order valence-electron chi connectivity index (χ4n) is 2.36. The zero-order valence-corrected chi connectivity index (χ0v) is 11.5. The molecular weight excluding hydrogens is 214 g/mol. The Labute approximate surface area is 106 Å². The molecule has 0 aromatic heterocycles. The molecule has 0 saturated heterocycles. The number of nitrogens with one attached hydrogen (secondary N) is 1. The molecule has 0 spiro atoms. The van der Waals surface area contributed by atoms with Gasteiger partial charge >= 0.3 is 0 Å². The van der Waals surface area contributed by atoms with Gasteiger partial charge in [0, 0.05) is 13.2 Å². The van der Waals surface area contributed by atoms with Crippen molar-refractivity contribution >= 4 is 0 Å². The molecule has 0 amide bonds. The highest BCUT2D eigenvalue weighted by Gasteiger charge is 2.12. The normalized spacial score (nSPS) is 19.4. The summed E-state index contributed by atoms with van der Waals surface area (Å²) in [6.45, 7) is 8.49. The molecule has 0 radical (unpaired) electrons. The third-order valence-corrected chi connectivity index (χ3v) is 3.40. The predicted molar refractivity (Wildman–Crippen MR) is 71.4 cm³/mol. The van der Waals surface area contributed by atoms with E-state index in [1.54, 1.807) is 0 Å². The standard InChI is InChI=1S/C14H29NO2/c1-3-16-12-13(2)17-10-9-15-11-14-7-5-4-6-8-14/h13-15H,3-12H2,1-2H3. The van der Waals surface area contributed by atoms with Gasteiger partial charge in [0.15, 0.2) is 0 Å². The lowest BCUT2D eigenvalue weighted by atomic mass is 9.89. The summed E-state index contributed by atoms with van der Waals surface area (Å²) in [4.78, 5) is 0. The summed E-state index contributed by atoms with van der Waals surface area (Å²) in [5.41, 5.74) is 0. The first kappa shape index (κ1) is 14.9. The monoisotopic (exact) mass is 243 g/mol. The highest BCUT2D eigenvalue weighted by molar-refractivity contribution is 4.67. The minimum Gasteiger partial charge on any atom is -0.379 e. The Balaban J connectivity index is 1.86. The Morgan fingerprint density at radius 2 is 2.00 bits per heavy atom. The summed E-state index contributed by atoms with van der Waals surface area (Å²) in [5.74, 6) is 0.907. The first-order valence-corrected chi connectivity index (χ1v) is 7.23. The number of rotatable bonds is 9. The van der Waals surface area contributed by atoms with E-state index in [-0.39, 0.29) is 6.10 Å². The van der Waals surface area contributed by atoms with Crippen molar-refractivity contribution in [2.24, 2.45) is 5.92 Å². The lowest BCUT2D eigenvalue weighted by molar-refractivity contribution is -0.00209. The maximum atomic E-state index is 5.65. The largest absolute Gasteiger partial charge is 0.379 e. The summed E-state index contributed by atoms with van der Waals surface area (Å²) >= 11 is 0.